The van der Waals surface area contributed by atoms with Gasteiger partial charge in [-0.3, -0.25) is 9.88 Å². The zero-order valence-corrected chi connectivity index (χ0v) is 13.6. The first-order chi connectivity index (χ1) is 10.8. The summed E-state index contributed by atoms with van der Waals surface area (Å²) >= 11 is 6.24. The number of likely N-dealkylation sites (tertiary alicyclic amines) is 1. The van der Waals surface area contributed by atoms with Crippen molar-refractivity contribution in [2.45, 2.75) is 31.8 Å². The Hall–Kier alpha value is -1.58. The standard InChI is InChI=1S/C18H21ClN2O/c1-22-18-9-8-14(12-15(18)19)13-21-11-5-3-7-17(21)16-6-2-4-10-20-16/h2,4,6,8-10,12,17H,3,5,7,11,13H2,1H3/t17-/m0/s1. The lowest BCUT2D eigenvalue weighted by Gasteiger charge is -2.35. The number of benzene rings is 1. The zero-order valence-electron chi connectivity index (χ0n) is 12.8. The van der Waals surface area contributed by atoms with Crippen LogP contribution in [0.3, 0.4) is 0 Å². The van der Waals surface area contributed by atoms with Gasteiger partial charge in [0.25, 0.3) is 0 Å². The van der Waals surface area contributed by atoms with Crippen molar-refractivity contribution in [3.05, 3.63) is 58.9 Å². The molecule has 0 bridgehead atoms. The van der Waals surface area contributed by atoms with E-state index in [1.54, 1.807) is 7.11 Å². The quantitative estimate of drug-likeness (QED) is 0.832. The van der Waals surface area contributed by atoms with Crippen LogP contribution in [-0.2, 0) is 6.54 Å². The van der Waals surface area contributed by atoms with Crippen LogP contribution in [0.5, 0.6) is 5.75 Å². The number of pyridine rings is 1. The highest BCUT2D eigenvalue weighted by Crippen LogP contribution is 2.32. The Morgan fingerprint density at radius 3 is 2.91 bits per heavy atom. The summed E-state index contributed by atoms with van der Waals surface area (Å²) in [6.07, 6.45) is 5.56. The lowest BCUT2D eigenvalue weighted by molar-refractivity contribution is 0.137. The van der Waals surface area contributed by atoms with Crippen LogP contribution in [-0.4, -0.2) is 23.5 Å². The second-order valence-electron chi connectivity index (χ2n) is 5.71. The molecule has 1 aromatic carbocycles. The van der Waals surface area contributed by atoms with Gasteiger partial charge in [-0.2, -0.15) is 0 Å². The molecule has 1 fully saturated rings. The second-order valence-corrected chi connectivity index (χ2v) is 6.11. The van der Waals surface area contributed by atoms with E-state index in [1.165, 1.54) is 30.5 Å². The van der Waals surface area contributed by atoms with Crippen LogP contribution in [0.15, 0.2) is 42.6 Å². The third-order valence-corrected chi connectivity index (χ3v) is 4.54. The Labute approximate surface area is 136 Å². The van der Waals surface area contributed by atoms with Crippen molar-refractivity contribution < 1.29 is 4.74 Å². The van der Waals surface area contributed by atoms with Crippen LogP contribution in [0.1, 0.15) is 36.6 Å². The highest BCUT2D eigenvalue weighted by Gasteiger charge is 2.24. The Morgan fingerprint density at radius 2 is 2.18 bits per heavy atom. The van der Waals surface area contributed by atoms with Gasteiger partial charge in [0, 0.05) is 12.7 Å². The van der Waals surface area contributed by atoms with E-state index >= 15 is 0 Å². The van der Waals surface area contributed by atoms with Crippen molar-refractivity contribution in [3.8, 4) is 5.75 Å². The fourth-order valence-corrected chi connectivity index (χ4v) is 3.41. The molecule has 1 aliphatic heterocycles. The summed E-state index contributed by atoms with van der Waals surface area (Å²) in [6.45, 7) is 2.00. The van der Waals surface area contributed by atoms with Gasteiger partial charge in [-0.15, -0.1) is 0 Å². The smallest absolute Gasteiger partial charge is 0.137 e. The van der Waals surface area contributed by atoms with E-state index in [1.807, 2.05) is 24.4 Å². The van der Waals surface area contributed by atoms with E-state index in [0.717, 1.165) is 18.8 Å². The number of aromatic nitrogens is 1. The third-order valence-electron chi connectivity index (χ3n) is 4.24. The van der Waals surface area contributed by atoms with Gasteiger partial charge >= 0.3 is 0 Å². The van der Waals surface area contributed by atoms with Gasteiger partial charge in [-0.1, -0.05) is 30.2 Å². The molecule has 1 aliphatic rings. The predicted octanol–water partition coefficient (Wildman–Crippen LogP) is 4.47. The molecule has 0 amide bonds. The van der Waals surface area contributed by atoms with E-state index in [9.17, 15) is 0 Å². The second kappa shape index (κ2) is 7.12. The maximum atomic E-state index is 6.24. The molecule has 0 radical (unpaired) electrons. The van der Waals surface area contributed by atoms with Crippen LogP contribution < -0.4 is 4.74 Å². The molecule has 2 aromatic rings. The Kier molecular flexibility index (Phi) is 4.96. The Bertz CT molecular complexity index is 618. The first-order valence-corrected chi connectivity index (χ1v) is 8.13. The Morgan fingerprint density at radius 1 is 1.27 bits per heavy atom. The van der Waals surface area contributed by atoms with Crippen molar-refractivity contribution in [1.82, 2.24) is 9.88 Å². The summed E-state index contributed by atoms with van der Waals surface area (Å²) in [5, 5.41) is 0.673. The number of hydrogen-bond acceptors (Lipinski definition) is 3. The molecule has 1 saturated heterocycles. The van der Waals surface area contributed by atoms with Gasteiger partial charge in [0.15, 0.2) is 0 Å². The molecule has 22 heavy (non-hydrogen) atoms. The Balaban J connectivity index is 1.78. The number of methoxy groups -OCH3 is 1. The van der Waals surface area contributed by atoms with E-state index < -0.39 is 0 Å². The van der Waals surface area contributed by atoms with Crippen LogP contribution in [0, 0.1) is 0 Å². The summed E-state index contributed by atoms with van der Waals surface area (Å²) in [5.41, 5.74) is 2.38. The topological polar surface area (TPSA) is 25.4 Å². The molecule has 0 spiro atoms. The summed E-state index contributed by atoms with van der Waals surface area (Å²) < 4.78 is 5.22. The van der Waals surface area contributed by atoms with Gasteiger partial charge < -0.3 is 4.74 Å². The summed E-state index contributed by atoms with van der Waals surface area (Å²) in [4.78, 5) is 7.06. The first kappa shape index (κ1) is 15.3. The first-order valence-electron chi connectivity index (χ1n) is 7.75. The molecule has 0 N–H and O–H groups in total. The molecule has 3 rings (SSSR count). The van der Waals surface area contributed by atoms with Crippen LogP contribution in [0.25, 0.3) is 0 Å². The number of hydrogen-bond donors (Lipinski definition) is 0. The van der Waals surface area contributed by atoms with Gasteiger partial charge in [0.1, 0.15) is 5.75 Å². The summed E-state index contributed by atoms with van der Waals surface area (Å²) in [5.74, 6) is 0.727. The van der Waals surface area contributed by atoms with Crippen molar-refractivity contribution in [2.24, 2.45) is 0 Å². The monoisotopic (exact) mass is 316 g/mol. The molecular formula is C18H21ClN2O. The van der Waals surface area contributed by atoms with Gasteiger partial charge in [0.05, 0.1) is 23.9 Å². The third kappa shape index (κ3) is 3.42. The summed E-state index contributed by atoms with van der Waals surface area (Å²) in [6, 6.07) is 12.6. The number of ether oxygens (including phenoxy) is 1. The number of piperidine rings is 1. The average molecular weight is 317 g/mol. The minimum absolute atomic E-state index is 0.399. The van der Waals surface area contributed by atoms with Gasteiger partial charge in [-0.25, -0.2) is 0 Å². The van der Waals surface area contributed by atoms with E-state index in [2.05, 4.69) is 28.1 Å². The van der Waals surface area contributed by atoms with Crippen molar-refractivity contribution in [3.63, 3.8) is 0 Å². The molecular weight excluding hydrogens is 296 g/mol. The average Bonchev–Trinajstić information content (AvgIpc) is 2.56. The van der Waals surface area contributed by atoms with Crippen LogP contribution in [0.4, 0.5) is 0 Å². The number of halogens is 1. The molecule has 1 atom stereocenters. The molecule has 4 heteroatoms. The van der Waals surface area contributed by atoms with Crippen LogP contribution in [0.2, 0.25) is 5.02 Å². The largest absolute Gasteiger partial charge is 0.495 e. The van der Waals surface area contributed by atoms with Crippen molar-refractivity contribution in [2.75, 3.05) is 13.7 Å². The molecule has 0 unspecified atom stereocenters. The highest BCUT2D eigenvalue weighted by atomic mass is 35.5. The lowest BCUT2D eigenvalue weighted by atomic mass is 9.98. The number of rotatable bonds is 4. The summed E-state index contributed by atoms with van der Waals surface area (Å²) in [7, 11) is 1.64. The maximum Gasteiger partial charge on any atom is 0.137 e. The molecule has 0 aliphatic carbocycles. The van der Waals surface area contributed by atoms with Gasteiger partial charge in [0.2, 0.25) is 0 Å². The normalized spacial score (nSPS) is 19.1. The van der Waals surface area contributed by atoms with Crippen LogP contribution >= 0.6 is 11.6 Å². The maximum absolute atomic E-state index is 6.24. The van der Waals surface area contributed by atoms with Crippen molar-refractivity contribution >= 4 is 11.6 Å². The number of nitrogens with zero attached hydrogens (tertiary/aromatic N) is 2. The highest BCUT2D eigenvalue weighted by molar-refractivity contribution is 6.32. The predicted molar refractivity (Wildman–Crippen MR) is 89.2 cm³/mol. The minimum atomic E-state index is 0.399. The fourth-order valence-electron chi connectivity index (χ4n) is 3.13. The molecule has 1 aromatic heterocycles. The SMILES string of the molecule is COc1ccc(CN2CCCC[C@H]2c2ccccn2)cc1Cl. The van der Waals surface area contributed by atoms with E-state index in [0.29, 0.717) is 11.1 Å². The lowest BCUT2D eigenvalue weighted by Crippen LogP contribution is -2.33. The van der Waals surface area contributed by atoms with E-state index in [-0.39, 0.29) is 0 Å². The minimum Gasteiger partial charge on any atom is -0.495 e. The fraction of sp³-hybridized carbons (Fsp3) is 0.389. The molecule has 2 heterocycles. The van der Waals surface area contributed by atoms with Gasteiger partial charge in [-0.05, 0) is 49.2 Å². The molecule has 0 saturated carbocycles. The van der Waals surface area contributed by atoms with E-state index in [4.69, 9.17) is 16.3 Å². The van der Waals surface area contributed by atoms with Crippen molar-refractivity contribution in [1.29, 1.82) is 0 Å². The zero-order chi connectivity index (χ0) is 15.4. The molecule has 116 valence electrons. The molecule has 3 nitrogen and oxygen atoms in total.